The number of ether oxygens (including phenoxy) is 4. The van der Waals surface area contributed by atoms with Crippen molar-refractivity contribution < 1.29 is 38.1 Å². The van der Waals surface area contributed by atoms with Crippen molar-refractivity contribution in [3.05, 3.63) is 72.3 Å². The zero-order chi connectivity index (χ0) is 28.6. The van der Waals surface area contributed by atoms with Gasteiger partial charge in [-0.25, -0.2) is 19.2 Å². The summed E-state index contributed by atoms with van der Waals surface area (Å²) < 4.78 is 22.5. The van der Waals surface area contributed by atoms with Gasteiger partial charge in [0.25, 0.3) is 0 Å². The van der Waals surface area contributed by atoms with Crippen molar-refractivity contribution in [3.63, 3.8) is 0 Å². The van der Waals surface area contributed by atoms with Gasteiger partial charge in [0.1, 0.15) is 0 Å². The number of carbonyl (C=O) groups is 4. The van der Waals surface area contributed by atoms with E-state index in [1.807, 2.05) is 0 Å². The highest BCUT2D eigenvalue weighted by molar-refractivity contribution is 6.15. The first-order valence-corrected chi connectivity index (χ1v) is 11.8. The van der Waals surface area contributed by atoms with Crippen LogP contribution in [-0.4, -0.2) is 71.9 Å². The Balaban J connectivity index is 2.01. The molecule has 0 unspecified atom stereocenters. The van der Waals surface area contributed by atoms with Gasteiger partial charge in [0.15, 0.2) is 11.4 Å². The normalized spacial score (nSPS) is 10.9. The van der Waals surface area contributed by atoms with Gasteiger partial charge in [0.2, 0.25) is 0 Å². The molecule has 0 saturated heterocycles. The summed E-state index contributed by atoms with van der Waals surface area (Å²) in [6.45, 7) is 0. The maximum absolute atomic E-state index is 13.1. The Morgan fingerprint density at radius 2 is 0.950 bits per heavy atom. The van der Waals surface area contributed by atoms with Crippen molar-refractivity contribution in [2.24, 2.45) is 0 Å². The molecule has 202 valence electrons. The molecule has 0 N–H and O–H groups in total. The minimum Gasteiger partial charge on any atom is -0.464 e. The van der Waals surface area contributed by atoms with E-state index in [4.69, 9.17) is 18.9 Å². The van der Waals surface area contributed by atoms with E-state index < -0.39 is 24.1 Å². The van der Waals surface area contributed by atoms with Crippen LogP contribution in [-0.2, 0) is 18.9 Å². The van der Waals surface area contributed by atoms with Crippen molar-refractivity contribution in [2.45, 2.75) is 0 Å². The third kappa shape index (κ3) is 4.02. The molecule has 12 heteroatoms. The largest absolute Gasteiger partial charge is 0.464 e. The molecular formula is C28H22N4O8. The number of nitrogens with zero attached hydrogens (tertiary/aromatic N) is 4. The van der Waals surface area contributed by atoms with Crippen LogP contribution in [0, 0.1) is 0 Å². The van der Waals surface area contributed by atoms with Crippen molar-refractivity contribution in [1.82, 2.24) is 19.3 Å². The smallest absolute Gasteiger partial charge is 0.418 e. The van der Waals surface area contributed by atoms with Gasteiger partial charge in [0, 0.05) is 45.4 Å². The molecule has 0 aliphatic heterocycles. The summed E-state index contributed by atoms with van der Waals surface area (Å²) in [5.41, 5.74) is 1.46. The molecule has 0 saturated carbocycles. The van der Waals surface area contributed by atoms with Crippen LogP contribution in [0.15, 0.2) is 60.9 Å². The lowest BCUT2D eigenvalue weighted by Gasteiger charge is -2.15. The first kappa shape index (κ1) is 26.1. The van der Waals surface area contributed by atoms with Crippen LogP contribution in [0.4, 0.5) is 9.59 Å². The SMILES string of the molecule is COC(=O)c1nnc(C(=O)OC)c(-c2cn(C(=O)OC)c3ccccc23)c1-c1cn(C(=O)OC)c2ccccc12. The summed E-state index contributed by atoms with van der Waals surface area (Å²) in [4.78, 5) is 51.6. The molecule has 12 nitrogen and oxygen atoms in total. The molecule has 5 aromatic rings. The van der Waals surface area contributed by atoms with Crippen LogP contribution >= 0.6 is 0 Å². The number of esters is 2. The first-order chi connectivity index (χ1) is 19.4. The van der Waals surface area contributed by atoms with Crippen LogP contribution in [0.2, 0.25) is 0 Å². The number of rotatable bonds is 4. The molecule has 3 heterocycles. The Hall–Kier alpha value is -5.52. The molecule has 3 aromatic heterocycles. The Labute approximate surface area is 226 Å². The molecular weight excluding hydrogens is 520 g/mol. The van der Waals surface area contributed by atoms with E-state index in [0.29, 0.717) is 32.9 Å². The molecule has 40 heavy (non-hydrogen) atoms. The summed E-state index contributed by atoms with van der Waals surface area (Å²) in [7, 11) is 4.85. The number of para-hydroxylation sites is 2. The van der Waals surface area contributed by atoms with Crippen molar-refractivity contribution in [1.29, 1.82) is 0 Å². The minimum absolute atomic E-state index is 0.133. The van der Waals surface area contributed by atoms with Crippen molar-refractivity contribution >= 4 is 45.9 Å². The number of hydrogen-bond donors (Lipinski definition) is 0. The van der Waals surface area contributed by atoms with Gasteiger partial charge in [-0.1, -0.05) is 36.4 Å². The Kier molecular flexibility index (Phi) is 6.74. The van der Waals surface area contributed by atoms with Gasteiger partial charge in [-0.3, -0.25) is 9.13 Å². The average Bonchev–Trinajstić information content (AvgIpc) is 3.58. The topological polar surface area (TPSA) is 141 Å². The number of fused-ring (bicyclic) bond motifs is 2. The first-order valence-electron chi connectivity index (χ1n) is 11.8. The zero-order valence-corrected chi connectivity index (χ0v) is 21.8. The van der Waals surface area contributed by atoms with Crippen LogP contribution in [0.25, 0.3) is 44.1 Å². The highest BCUT2D eigenvalue weighted by Crippen LogP contribution is 2.43. The molecule has 0 aliphatic carbocycles. The van der Waals surface area contributed by atoms with E-state index in [1.54, 1.807) is 48.5 Å². The van der Waals surface area contributed by atoms with Crippen LogP contribution < -0.4 is 0 Å². The van der Waals surface area contributed by atoms with Gasteiger partial charge in [-0.05, 0) is 12.1 Å². The summed E-state index contributed by atoms with van der Waals surface area (Å²) in [5.74, 6) is -1.68. The predicted octanol–water partition coefficient (Wildman–Crippen LogP) is 4.52. The van der Waals surface area contributed by atoms with Crippen LogP contribution in [0.1, 0.15) is 21.0 Å². The minimum atomic E-state index is -0.841. The fourth-order valence-corrected chi connectivity index (χ4v) is 4.70. The predicted molar refractivity (Wildman–Crippen MR) is 142 cm³/mol. The molecule has 0 atom stereocenters. The fourth-order valence-electron chi connectivity index (χ4n) is 4.70. The van der Waals surface area contributed by atoms with Crippen LogP contribution in [0.3, 0.4) is 0 Å². The molecule has 0 fully saturated rings. The monoisotopic (exact) mass is 542 g/mol. The summed E-state index contributed by atoms with van der Waals surface area (Å²) in [6, 6.07) is 13.9. The lowest BCUT2D eigenvalue weighted by molar-refractivity contribution is 0.0575. The maximum atomic E-state index is 13.1. The van der Waals surface area contributed by atoms with Gasteiger partial charge >= 0.3 is 24.1 Å². The molecule has 0 radical (unpaired) electrons. The third-order valence-corrected chi connectivity index (χ3v) is 6.44. The lowest BCUT2D eigenvalue weighted by Crippen LogP contribution is -2.15. The van der Waals surface area contributed by atoms with Crippen molar-refractivity contribution in [2.75, 3.05) is 28.4 Å². The molecule has 0 spiro atoms. The maximum Gasteiger partial charge on any atom is 0.418 e. The highest BCUT2D eigenvalue weighted by atomic mass is 16.5. The number of carbonyl (C=O) groups excluding carboxylic acids is 4. The Morgan fingerprint density at radius 3 is 1.30 bits per heavy atom. The highest BCUT2D eigenvalue weighted by Gasteiger charge is 2.32. The van der Waals surface area contributed by atoms with Crippen molar-refractivity contribution in [3.8, 4) is 22.3 Å². The molecule has 0 amide bonds. The number of methoxy groups -OCH3 is 4. The quantitative estimate of drug-likeness (QED) is 0.235. The van der Waals surface area contributed by atoms with Crippen LogP contribution in [0.5, 0.6) is 0 Å². The number of aromatic nitrogens is 4. The van der Waals surface area contributed by atoms with E-state index in [-0.39, 0.29) is 22.5 Å². The molecule has 5 rings (SSSR count). The van der Waals surface area contributed by atoms with E-state index in [2.05, 4.69) is 10.2 Å². The number of benzene rings is 2. The second kappa shape index (κ2) is 10.3. The van der Waals surface area contributed by atoms with Gasteiger partial charge < -0.3 is 18.9 Å². The molecule has 0 bridgehead atoms. The lowest BCUT2D eigenvalue weighted by atomic mass is 9.91. The molecule has 2 aromatic carbocycles. The number of hydrogen-bond acceptors (Lipinski definition) is 10. The van der Waals surface area contributed by atoms with E-state index in [9.17, 15) is 19.2 Å². The molecule has 0 aliphatic rings. The van der Waals surface area contributed by atoms with E-state index in [1.165, 1.54) is 50.0 Å². The summed E-state index contributed by atoms with van der Waals surface area (Å²) in [5, 5.41) is 9.18. The van der Waals surface area contributed by atoms with Gasteiger partial charge in [-0.2, -0.15) is 0 Å². The third-order valence-electron chi connectivity index (χ3n) is 6.44. The fraction of sp³-hybridized carbons (Fsp3) is 0.143. The van der Waals surface area contributed by atoms with Gasteiger partial charge in [-0.15, -0.1) is 10.2 Å². The summed E-state index contributed by atoms with van der Waals surface area (Å²) >= 11 is 0. The zero-order valence-electron chi connectivity index (χ0n) is 21.8. The average molecular weight is 543 g/mol. The second-order valence-electron chi connectivity index (χ2n) is 8.43. The standard InChI is InChI=1S/C28H22N4O8/c1-37-25(33)23-21(17-13-31(27(35)39-3)19-11-7-5-9-15(17)19)22(24(30-29-23)26(34)38-2)18-14-32(28(36)40-4)20-12-8-6-10-16(18)20/h5-14H,1-4H3. The van der Waals surface area contributed by atoms with E-state index in [0.717, 1.165) is 0 Å². The summed E-state index contributed by atoms with van der Waals surface area (Å²) in [6.07, 6.45) is 1.59. The second-order valence-corrected chi connectivity index (χ2v) is 8.43. The van der Waals surface area contributed by atoms with Gasteiger partial charge in [0.05, 0.1) is 39.5 Å². The Bertz CT molecular complexity index is 1700. The Morgan fingerprint density at radius 1 is 0.575 bits per heavy atom. The van der Waals surface area contributed by atoms with E-state index >= 15 is 0 Å².